The van der Waals surface area contributed by atoms with Crippen molar-refractivity contribution >= 4 is 75.7 Å². The Labute approximate surface area is 451 Å². The summed E-state index contributed by atoms with van der Waals surface area (Å²) in [5, 5.41) is 5.50. The van der Waals surface area contributed by atoms with E-state index >= 15 is 0 Å². The van der Waals surface area contributed by atoms with E-state index in [1.54, 1.807) is 10.8 Å². The van der Waals surface area contributed by atoms with E-state index in [1.807, 2.05) is 16.3 Å². The van der Waals surface area contributed by atoms with Crippen LogP contribution in [-0.2, 0) is 0 Å². The van der Waals surface area contributed by atoms with Crippen LogP contribution >= 0.6 is 0 Å². The van der Waals surface area contributed by atoms with Crippen molar-refractivity contribution in [2.24, 2.45) is 0 Å². The Hall–Kier alpha value is -1.38. The van der Waals surface area contributed by atoms with Crippen molar-refractivity contribution in [1.82, 2.24) is 0 Å². The van der Waals surface area contributed by atoms with Gasteiger partial charge in [-0.05, 0) is 145 Å². The zero-order chi connectivity index (χ0) is 54.6. The molecule has 4 rings (SSSR count). The van der Waals surface area contributed by atoms with Gasteiger partial charge in [0.1, 0.15) is 0 Å². The van der Waals surface area contributed by atoms with Crippen LogP contribution in [-0.4, -0.2) is 65.3 Å². The van der Waals surface area contributed by atoms with Gasteiger partial charge in [-0.1, -0.05) is 256 Å². The molecule has 0 aromatic heterocycles. The molecule has 0 amide bonds. The Bertz CT molecular complexity index is 2330. The van der Waals surface area contributed by atoms with Crippen LogP contribution in [0.15, 0.2) is 54.6 Å². The number of hydrogen-bond donors (Lipinski definition) is 0. The molecule has 0 aliphatic carbocycles. The lowest BCUT2D eigenvalue weighted by Crippen LogP contribution is -2.52. The summed E-state index contributed by atoms with van der Waals surface area (Å²) in [4.78, 5) is 0. The monoisotopic (exact) mass is 1090 g/mol. The molecule has 8 heteroatoms. The molecule has 0 N–H and O–H groups in total. The lowest BCUT2D eigenvalue weighted by molar-refractivity contribution is 0.807. The van der Waals surface area contributed by atoms with Gasteiger partial charge in [0, 0.05) is 53.6 Å². The highest BCUT2D eigenvalue weighted by atomic mass is 28.7. The highest BCUT2D eigenvalue weighted by Gasteiger charge is 2.46. The van der Waals surface area contributed by atoms with Crippen LogP contribution in [0.3, 0.4) is 0 Å². The molecule has 0 spiro atoms. The van der Waals surface area contributed by atoms with Gasteiger partial charge in [0.15, 0.2) is 0 Å². The highest BCUT2D eigenvalue weighted by Crippen LogP contribution is 2.46. The van der Waals surface area contributed by atoms with Crippen LogP contribution < -0.4 is 10.4 Å². The molecule has 0 saturated carbocycles. The largest absolute Gasteiger partial charge is 0.0693 e. The Balaban J connectivity index is 2.57. The third-order valence-electron chi connectivity index (χ3n) is 15.6. The van der Waals surface area contributed by atoms with E-state index in [0.29, 0.717) is 59.4 Å². The van der Waals surface area contributed by atoms with Gasteiger partial charge in [-0.3, -0.25) is 0 Å². The number of hydrogen-bond acceptors (Lipinski definition) is 0. The molecule has 392 valence electrons. The molecule has 0 atom stereocenters. The molecule has 0 heterocycles. The molecule has 0 bridgehead atoms. The molecule has 0 aliphatic heterocycles. The van der Waals surface area contributed by atoms with Crippen molar-refractivity contribution in [1.29, 1.82) is 0 Å². The topological polar surface area (TPSA) is 0 Å². The zero-order valence-corrected chi connectivity index (χ0v) is 59.9. The molecule has 0 nitrogen and oxygen atoms in total. The van der Waals surface area contributed by atoms with E-state index < -0.39 is 48.4 Å². The molecule has 71 heavy (non-hydrogen) atoms. The molecule has 0 aliphatic rings. The van der Waals surface area contributed by atoms with Crippen molar-refractivity contribution in [2.45, 2.75) is 252 Å². The number of rotatable bonds is 17. The molecule has 0 radical (unpaired) electrons. The van der Waals surface area contributed by atoms with Crippen LogP contribution in [0.25, 0.3) is 22.3 Å². The van der Waals surface area contributed by atoms with Crippen LogP contribution in [0, 0.1) is 0 Å². The van der Waals surface area contributed by atoms with Gasteiger partial charge in [-0.15, -0.1) is 0 Å². The summed E-state index contributed by atoms with van der Waals surface area (Å²) in [6.07, 6.45) is 0. The SMILES string of the molecule is CC(C)c1cc(C(C)C)c(-c2cccc(-c3c(C(C)C)cc(C(C)C)cc3C(C)C)c2[Si]#[Si]c2c(C([Si](C)(C)C)[Si](C)(C)C)cc(C([Si](C)(C)C)[Si](C)(C)C)cc2C([Si](C)(C)C)[Si](C)(C)C)c(C(C)C)c1. The Morgan fingerprint density at radius 1 is 0.282 bits per heavy atom. The summed E-state index contributed by atoms with van der Waals surface area (Å²) in [6.45, 7) is 78.1. The van der Waals surface area contributed by atoms with Gasteiger partial charge < -0.3 is 0 Å². The Kier molecular flexibility index (Phi) is 19.9. The fraction of sp³-hybridized carbons (Fsp3) is 0.619. The summed E-state index contributed by atoms with van der Waals surface area (Å²) in [7, 11) is -8.73. The van der Waals surface area contributed by atoms with Gasteiger partial charge in [0.05, 0.1) is 0 Å². The average molecular weight is 1090 g/mol. The van der Waals surface area contributed by atoms with E-state index in [9.17, 15) is 0 Å². The van der Waals surface area contributed by atoms with Crippen molar-refractivity contribution < 1.29 is 0 Å². The van der Waals surface area contributed by atoms with Crippen molar-refractivity contribution in [3.8, 4) is 22.3 Å². The molecule has 4 aromatic carbocycles. The summed E-state index contributed by atoms with van der Waals surface area (Å²) >= 11 is 0. The van der Waals surface area contributed by atoms with E-state index in [-0.39, 0.29) is 0 Å². The van der Waals surface area contributed by atoms with Gasteiger partial charge in [-0.25, -0.2) is 0 Å². The maximum absolute atomic E-state index is 2.95. The maximum Gasteiger partial charge on any atom is 0.0493 e. The lowest BCUT2D eigenvalue weighted by atomic mass is 9.79. The normalized spacial score (nSPS) is 13.7. The molecule has 4 aromatic rings. The molecular weight excluding hydrogens is 981 g/mol. The van der Waals surface area contributed by atoms with Gasteiger partial charge >= 0.3 is 0 Å². The van der Waals surface area contributed by atoms with Crippen LogP contribution in [0.2, 0.25) is 118 Å². The van der Waals surface area contributed by atoms with E-state index in [2.05, 4.69) is 256 Å². The quantitative estimate of drug-likeness (QED) is 0.0925. The minimum Gasteiger partial charge on any atom is -0.0693 e. The van der Waals surface area contributed by atoms with E-state index in [1.165, 1.54) is 55.6 Å². The second kappa shape index (κ2) is 22.7. The standard InChI is InChI=1S/C63H108Si8/c1-40(2)46-34-51(42(5)6)57(52(35-46)43(7)8)49-32-31-33-50(58-53(44(9)10)36-47(41(3)4)37-54(58)45(11)12)59(49)64-65-60-55(62(68(19,20)21)69(22,23)24)38-48(61(66(13,14)15)67(16,17)18)39-56(60)63(70(25,26)27)71(28,29)30/h31-45,61-63H,1-30H3. The first-order valence-corrected chi connectivity index (χ1v) is 52.7. The average Bonchev–Trinajstić information content (AvgIpc) is 3.16. The fourth-order valence-corrected chi connectivity index (χ4v) is 56.8. The predicted molar refractivity (Wildman–Crippen MR) is 347 cm³/mol. The first-order valence-electron chi connectivity index (χ1n) is 28.2. The maximum atomic E-state index is 2.95. The molecule has 0 fully saturated rings. The lowest BCUT2D eigenvalue weighted by Gasteiger charge is -2.45. The summed E-state index contributed by atoms with van der Waals surface area (Å²) < 4.78 is 0. The summed E-state index contributed by atoms with van der Waals surface area (Å²) in [6, 6.07) is 23.9. The third kappa shape index (κ3) is 14.4. The molecular formula is C63H108Si8. The van der Waals surface area contributed by atoms with Crippen LogP contribution in [0.5, 0.6) is 0 Å². The summed E-state index contributed by atoms with van der Waals surface area (Å²) in [5.74, 6) is 2.59. The van der Waals surface area contributed by atoms with Gasteiger partial charge in [-0.2, -0.15) is 0 Å². The Morgan fingerprint density at radius 2 is 0.521 bits per heavy atom. The Morgan fingerprint density at radius 3 is 0.746 bits per heavy atom. The first kappa shape index (κ1) is 62.2. The van der Waals surface area contributed by atoms with Crippen molar-refractivity contribution in [3.63, 3.8) is 0 Å². The fourth-order valence-electron chi connectivity index (χ4n) is 14.0. The molecule has 0 unspecified atom stereocenters. The van der Waals surface area contributed by atoms with E-state index in [0.717, 1.165) is 8.42 Å². The third-order valence-corrected chi connectivity index (χ3v) is 47.1. The molecule has 0 saturated heterocycles. The smallest absolute Gasteiger partial charge is 0.0493 e. The minimum atomic E-state index is -1.72. The predicted octanol–water partition coefficient (Wildman–Crippen LogP) is 19.6. The van der Waals surface area contributed by atoms with Crippen molar-refractivity contribution in [2.75, 3.05) is 0 Å². The second-order valence-corrected chi connectivity index (χ2v) is 67.2. The highest BCUT2D eigenvalue weighted by molar-refractivity contribution is 6.98. The van der Waals surface area contributed by atoms with E-state index in [4.69, 9.17) is 0 Å². The number of benzene rings is 4. The van der Waals surface area contributed by atoms with Crippen LogP contribution in [0.1, 0.15) is 184 Å². The first-order chi connectivity index (χ1) is 32.0. The van der Waals surface area contributed by atoms with Crippen LogP contribution in [0.4, 0.5) is 0 Å². The van der Waals surface area contributed by atoms with Gasteiger partial charge in [0.2, 0.25) is 0 Å². The summed E-state index contributed by atoms with van der Waals surface area (Å²) in [5.41, 5.74) is 20.5. The second-order valence-electron chi connectivity index (χ2n) is 30.6. The zero-order valence-electron chi connectivity index (χ0n) is 51.9. The van der Waals surface area contributed by atoms with Crippen molar-refractivity contribution in [3.05, 3.63) is 105 Å². The van der Waals surface area contributed by atoms with Gasteiger partial charge in [0.25, 0.3) is 0 Å². The minimum absolute atomic E-state index is 0.409.